The summed E-state index contributed by atoms with van der Waals surface area (Å²) in [6.45, 7) is 0.555. The lowest BCUT2D eigenvalue weighted by Gasteiger charge is -2.18. The molecule has 0 aliphatic carbocycles. The maximum absolute atomic E-state index is 14.5. The van der Waals surface area contributed by atoms with Crippen LogP contribution in [0.25, 0.3) is 5.69 Å². The Balaban J connectivity index is 2.02. The van der Waals surface area contributed by atoms with Gasteiger partial charge in [0.1, 0.15) is 45.8 Å². The zero-order valence-corrected chi connectivity index (χ0v) is 18.5. The van der Waals surface area contributed by atoms with Crippen molar-refractivity contribution < 1.29 is 27.0 Å². The number of aromatic nitrogens is 1. The highest BCUT2D eigenvalue weighted by Gasteiger charge is 2.21. The first-order chi connectivity index (χ1) is 15.3. The molecule has 0 spiro atoms. The van der Waals surface area contributed by atoms with Crippen molar-refractivity contribution in [3.8, 4) is 11.4 Å². The number of halogens is 5. The molecule has 0 amide bonds. The molecule has 0 bridgehead atoms. The third kappa shape index (κ3) is 5.37. The summed E-state index contributed by atoms with van der Waals surface area (Å²) in [5.41, 5.74) is -1.03. The van der Waals surface area contributed by atoms with Gasteiger partial charge in [0.05, 0.1) is 6.61 Å². The monoisotopic (exact) mass is 514 g/mol. The van der Waals surface area contributed by atoms with Crippen LogP contribution >= 0.6 is 15.9 Å². The zero-order chi connectivity index (χ0) is 23.3. The summed E-state index contributed by atoms with van der Waals surface area (Å²) in [5.74, 6) is -3.33. The van der Waals surface area contributed by atoms with Crippen LogP contribution in [0.15, 0.2) is 51.7 Å². The van der Waals surface area contributed by atoms with Crippen molar-refractivity contribution in [2.24, 2.45) is 0 Å². The van der Waals surface area contributed by atoms with Gasteiger partial charge in [-0.3, -0.25) is 9.36 Å². The van der Waals surface area contributed by atoms with Crippen LogP contribution in [-0.4, -0.2) is 24.8 Å². The van der Waals surface area contributed by atoms with Crippen LogP contribution in [-0.2, 0) is 17.9 Å². The first-order valence-electron chi connectivity index (χ1n) is 9.48. The molecule has 3 aromatic rings. The van der Waals surface area contributed by atoms with E-state index in [1.165, 1.54) is 25.3 Å². The van der Waals surface area contributed by atoms with Crippen LogP contribution in [0, 0.1) is 23.3 Å². The minimum absolute atomic E-state index is 0.0373. The Hall–Kier alpha value is -2.69. The van der Waals surface area contributed by atoms with Crippen molar-refractivity contribution in [2.45, 2.75) is 13.2 Å². The number of benzene rings is 2. The molecule has 5 nitrogen and oxygen atoms in total. The second-order valence-corrected chi connectivity index (χ2v) is 7.51. The van der Waals surface area contributed by atoms with Crippen LogP contribution in [0.1, 0.15) is 11.3 Å². The Morgan fingerprint density at radius 1 is 1.03 bits per heavy atom. The summed E-state index contributed by atoms with van der Waals surface area (Å²) in [7, 11) is 1.52. The average Bonchev–Trinajstić information content (AvgIpc) is 2.75. The predicted octanol–water partition coefficient (Wildman–Crippen LogP) is 4.47. The van der Waals surface area contributed by atoms with Gasteiger partial charge < -0.3 is 14.8 Å². The number of hydrogen-bond acceptors (Lipinski definition) is 4. The molecule has 0 unspecified atom stereocenters. The summed E-state index contributed by atoms with van der Waals surface area (Å²) in [5, 5.41) is 3.01. The average molecular weight is 515 g/mol. The van der Waals surface area contributed by atoms with Crippen molar-refractivity contribution >= 4 is 15.9 Å². The number of ether oxygens (including phenoxy) is 2. The highest BCUT2D eigenvalue weighted by atomic mass is 79.9. The second-order valence-electron chi connectivity index (χ2n) is 6.72. The quantitative estimate of drug-likeness (QED) is 0.338. The van der Waals surface area contributed by atoms with E-state index in [-0.39, 0.29) is 34.6 Å². The topological polar surface area (TPSA) is 52.5 Å². The number of para-hydroxylation sites is 1. The number of methoxy groups -OCH3 is 1. The summed E-state index contributed by atoms with van der Waals surface area (Å²) in [6.07, 6.45) is 0. The standard InChI is InChI=1S/C22H19BrF4N2O3/c1-31-8-7-28-11-15-10-19(32-12-13-5-6-14(24)9-18(13)27)20(23)22(30)29(15)21-16(25)3-2-4-17(21)26/h2-6,9-10,28H,7-8,11-12H2,1H3. The van der Waals surface area contributed by atoms with Crippen molar-refractivity contribution in [1.29, 1.82) is 0 Å². The minimum Gasteiger partial charge on any atom is -0.487 e. The predicted molar refractivity (Wildman–Crippen MR) is 114 cm³/mol. The number of nitrogens with one attached hydrogen (secondary N) is 1. The Bertz CT molecular complexity index is 1150. The highest BCUT2D eigenvalue weighted by molar-refractivity contribution is 9.10. The highest BCUT2D eigenvalue weighted by Crippen LogP contribution is 2.27. The molecule has 0 aliphatic heterocycles. The first kappa shape index (κ1) is 24.0. The summed E-state index contributed by atoms with van der Waals surface area (Å²) in [4.78, 5) is 13.1. The third-order valence-corrected chi connectivity index (χ3v) is 5.27. The smallest absolute Gasteiger partial charge is 0.273 e. The van der Waals surface area contributed by atoms with E-state index in [0.29, 0.717) is 13.2 Å². The second kappa shape index (κ2) is 10.8. The van der Waals surface area contributed by atoms with Crippen LogP contribution in [0.3, 0.4) is 0 Å². The van der Waals surface area contributed by atoms with E-state index in [2.05, 4.69) is 21.2 Å². The minimum atomic E-state index is -0.917. The molecule has 1 N–H and O–H groups in total. The molecular weight excluding hydrogens is 496 g/mol. The fourth-order valence-corrected chi connectivity index (χ4v) is 3.39. The molecule has 10 heteroatoms. The van der Waals surface area contributed by atoms with Crippen LogP contribution in [0.2, 0.25) is 0 Å². The molecule has 0 atom stereocenters. The van der Waals surface area contributed by atoms with E-state index in [9.17, 15) is 22.4 Å². The lowest BCUT2D eigenvalue weighted by atomic mass is 10.2. The Kier molecular flexibility index (Phi) is 8.05. The van der Waals surface area contributed by atoms with Gasteiger partial charge in [0.2, 0.25) is 0 Å². The van der Waals surface area contributed by atoms with Gasteiger partial charge >= 0.3 is 0 Å². The molecule has 32 heavy (non-hydrogen) atoms. The molecule has 3 rings (SSSR count). The summed E-state index contributed by atoms with van der Waals surface area (Å²) in [6, 6.07) is 7.73. The molecule has 2 aromatic carbocycles. The van der Waals surface area contributed by atoms with E-state index in [1.54, 1.807) is 0 Å². The molecular formula is C22H19BrF4N2O3. The normalized spacial score (nSPS) is 11.1. The number of pyridine rings is 1. The van der Waals surface area contributed by atoms with Gasteiger partial charge in [0, 0.05) is 43.6 Å². The third-order valence-electron chi connectivity index (χ3n) is 4.54. The fraction of sp³-hybridized carbons (Fsp3) is 0.227. The van der Waals surface area contributed by atoms with Gasteiger partial charge in [-0.1, -0.05) is 6.07 Å². The molecule has 0 saturated heterocycles. The van der Waals surface area contributed by atoms with Gasteiger partial charge in [-0.05, 0) is 40.2 Å². The summed E-state index contributed by atoms with van der Waals surface area (Å²) >= 11 is 3.11. The molecule has 1 aromatic heterocycles. The molecule has 170 valence electrons. The van der Waals surface area contributed by atoms with E-state index < -0.39 is 34.5 Å². The van der Waals surface area contributed by atoms with E-state index in [0.717, 1.165) is 28.8 Å². The van der Waals surface area contributed by atoms with E-state index in [1.807, 2.05) is 0 Å². The zero-order valence-electron chi connectivity index (χ0n) is 16.9. The maximum Gasteiger partial charge on any atom is 0.273 e. The van der Waals surface area contributed by atoms with Gasteiger partial charge in [0.15, 0.2) is 0 Å². The molecule has 0 radical (unpaired) electrons. The van der Waals surface area contributed by atoms with Gasteiger partial charge in [-0.25, -0.2) is 17.6 Å². The van der Waals surface area contributed by atoms with E-state index >= 15 is 0 Å². The lowest BCUT2D eigenvalue weighted by Crippen LogP contribution is -2.29. The van der Waals surface area contributed by atoms with Gasteiger partial charge in [-0.2, -0.15) is 0 Å². The molecule has 0 aliphatic rings. The van der Waals surface area contributed by atoms with Crippen molar-refractivity contribution in [3.63, 3.8) is 0 Å². The van der Waals surface area contributed by atoms with Crippen LogP contribution in [0.5, 0.6) is 5.75 Å². The Labute approximate surface area is 189 Å². The number of hydrogen-bond donors (Lipinski definition) is 1. The van der Waals surface area contributed by atoms with Crippen molar-refractivity contribution in [3.05, 3.63) is 91.8 Å². The SMILES string of the molecule is COCCNCc1cc(OCc2ccc(F)cc2F)c(Br)c(=O)n1-c1c(F)cccc1F. The van der Waals surface area contributed by atoms with Crippen LogP contribution < -0.4 is 15.6 Å². The molecule has 0 saturated carbocycles. The molecule has 0 fully saturated rings. The number of rotatable bonds is 9. The fourth-order valence-electron chi connectivity index (χ4n) is 2.98. The van der Waals surface area contributed by atoms with E-state index in [4.69, 9.17) is 9.47 Å². The Morgan fingerprint density at radius 3 is 2.41 bits per heavy atom. The first-order valence-corrected chi connectivity index (χ1v) is 10.3. The van der Waals surface area contributed by atoms with Crippen LogP contribution in [0.4, 0.5) is 17.6 Å². The van der Waals surface area contributed by atoms with Crippen molar-refractivity contribution in [2.75, 3.05) is 20.3 Å². The summed E-state index contributed by atoms with van der Waals surface area (Å²) < 4.78 is 67.3. The lowest BCUT2D eigenvalue weighted by molar-refractivity contribution is 0.199. The maximum atomic E-state index is 14.5. The van der Waals surface area contributed by atoms with Crippen molar-refractivity contribution in [1.82, 2.24) is 9.88 Å². The molecule has 1 heterocycles. The Morgan fingerprint density at radius 2 is 1.75 bits per heavy atom. The largest absolute Gasteiger partial charge is 0.487 e. The number of nitrogens with zero attached hydrogens (tertiary/aromatic N) is 1. The van der Waals surface area contributed by atoms with Gasteiger partial charge in [-0.15, -0.1) is 0 Å². The van der Waals surface area contributed by atoms with Gasteiger partial charge in [0.25, 0.3) is 5.56 Å².